The van der Waals surface area contributed by atoms with Gasteiger partial charge in [0.15, 0.2) is 0 Å². The first kappa shape index (κ1) is 14.9. The zero-order valence-electron chi connectivity index (χ0n) is 9.68. The normalized spacial score (nSPS) is 15.4. The molecule has 0 aliphatic heterocycles. The number of amides is 1. The fraction of sp³-hybridized carbons (Fsp3) is 0.417. The topological polar surface area (TPSA) is 20.3 Å². The minimum atomic E-state index is -4.38. The van der Waals surface area contributed by atoms with E-state index in [2.05, 4.69) is 0 Å². The molecule has 104 valence electrons. The number of halogens is 5. The lowest BCUT2D eigenvalue weighted by molar-refractivity contribution is -0.141. The first-order valence-electron chi connectivity index (χ1n) is 5.61. The van der Waals surface area contributed by atoms with Gasteiger partial charge in [-0.25, -0.2) is 0 Å². The lowest BCUT2D eigenvalue weighted by Gasteiger charge is -2.24. The van der Waals surface area contributed by atoms with E-state index in [0.717, 1.165) is 8.47 Å². The summed E-state index contributed by atoms with van der Waals surface area (Å²) in [5, 5.41) is 0.370. The average molecular weight is 404 g/mol. The molecule has 0 bridgehead atoms. The second-order valence-corrected chi connectivity index (χ2v) is 5.98. The summed E-state index contributed by atoms with van der Waals surface area (Å²) in [5.74, 6) is -0.613. The molecule has 0 aromatic heterocycles. The number of benzene rings is 1. The van der Waals surface area contributed by atoms with E-state index in [1.54, 1.807) is 6.07 Å². The van der Waals surface area contributed by atoms with E-state index >= 15 is 0 Å². The van der Waals surface area contributed by atoms with Crippen molar-refractivity contribution >= 4 is 40.1 Å². The molecule has 1 aromatic rings. The van der Waals surface area contributed by atoms with E-state index in [-0.39, 0.29) is 11.6 Å². The second-order valence-electron chi connectivity index (χ2n) is 4.41. The largest absolute Gasteiger partial charge is 0.406 e. The van der Waals surface area contributed by atoms with Crippen LogP contribution in [0.25, 0.3) is 0 Å². The molecule has 1 fully saturated rings. The molecule has 0 radical (unpaired) electrons. The summed E-state index contributed by atoms with van der Waals surface area (Å²) in [5.41, 5.74) is 0.196. The number of rotatable bonds is 3. The molecule has 1 amide bonds. The molecule has 2 rings (SSSR count). The van der Waals surface area contributed by atoms with Gasteiger partial charge in [-0.3, -0.25) is 4.79 Å². The Labute approximate surface area is 127 Å². The van der Waals surface area contributed by atoms with Crippen LogP contribution in [0.1, 0.15) is 23.2 Å². The summed E-state index contributed by atoms with van der Waals surface area (Å²) < 4.78 is 38.2. The highest BCUT2D eigenvalue weighted by molar-refractivity contribution is 14.1. The van der Waals surface area contributed by atoms with Crippen molar-refractivity contribution in [3.05, 3.63) is 32.4 Å². The van der Waals surface area contributed by atoms with Crippen LogP contribution < -0.4 is 0 Å². The van der Waals surface area contributed by atoms with Crippen molar-refractivity contribution in [1.29, 1.82) is 0 Å². The number of carbonyl (C=O) groups excluding carboxylic acids is 1. The molecule has 0 heterocycles. The number of nitrogens with zero attached hydrogens (tertiary/aromatic N) is 1. The Kier molecular flexibility index (Phi) is 4.29. The van der Waals surface area contributed by atoms with Crippen molar-refractivity contribution in [3.8, 4) is 0 Å². The van der Waals surface area contributed by atoms with Gasteiger partial charge >= 0.3 is 6.18 Å². The summed E-state index contributed by atoms with van der Waals surface area (Å²) in [6, 6.07) is 4.24. The molecule has 1 saturated carbocycles. The SMILES string of the molecule is O=C(c1ccc(I)c(Cl)c1)N(CC(F)(F)F)C1CC1. The van der Waals surface area contributed by atoms with Crippen LogP contribution in [-0.4, -0.2) is 29.6 Å². The van der Waals surface area contributed by atoms with Crippen LogP contribution in [0, 0.1) is 3.57 Å². The minimum absolute atomic E-state index is 0.196. The van der Waals surface area contributed by atoms with Gasteiger partial charge in [0.25, 0.3) is 5.91 Å². The van der Waals surface area contributed by atoms with Gasteiger partial charge in [0, 0.05) is 15.2 Å². The Morgan fingerprint density at radius 2 is 2.05 bits per heavy atom. The van der Waals surface area contributed by atoms with E-state index in [1.165, 1.54) is 12.1 Å². The van der Waals surface area contributed by atoms with Crippen molar-refractivity contribution < 1.29 is 18.0 Å². The highest BCUT2D eigenvalue weighted by Crippen LogP contribution is 2.32. The lowest BCUT2D eigenvalue weighted by Crippen LogP contribution is -2.40. The zero-order chi connectivity index (χ0) is 14.2. The highest BCUT2D eigenvalue weighted by atomic mass is 127. The maximum atomic E-state index is 12.5. The van der Waals surface area contributed by atoms with Gasteiger partial charge in [-0.15, -0.1) is 0 Å². The quantitative estimate of drug-likeness (QED) is 0.696. The molecular weight excluding hydrogens is 393 g/mol. The molecule has 7 heteroatoms. The van der Waals surface area contributed by atoms with Gasteiger partial charge in [-0.2, -0.15) is 13.2 Å². The fourth-order valence-corrected chi connectivity index (χ4v) is 2.26. The van der Waals surface area contributed by atoms with Gasteiger partial charge in [0.05, 0.1) is 5.02 Å². The number of hydrogen-bond donors (Lipinski definition) is 0. The third-order valence-corrected chi connectivity index (χ3v) is 4.34. The predicted octanol–water partition coefficient (Wildman–Crippen LogP) is 4.11. The van der Waals surface area contributed by atoms with E-state index in [9.17, 15) is 18.0 Å². The van der Waals surface area contributed by atoms with Crippen LogP contribution >= 0.6 is 34.2 Å². The van der Waals surface area contributed by atoms with Gasteiger partial charge in [0.2, 0.25) is 0 Å². The van der Waals surface area contributed by atoms with E-state index in [1.807, 2.05) is 22.6 Å². The zero-order valence-corrected chi connectivity index (χ0v) is 12.6. The van der Waals surface area contributed by atoms with Crippen LogP contribution in [0.2, 0.25) is 5.02 Å². The Bertz CT molecular complexity index is 502. The van der Waals surface area contributed by atoms with Crippen molar-refractivity contribution in [2.75, 3.05) is 6.54 Å². The van der Waals surface area contributed by atoms with Crippen molar-refractivity contribution in [3.63, 3.8) is 0 Å². The van der Waals surface area contributed by atoms with E-state index in [0.29, 0.717) is 17.9 Å². The number of carbonyl (C=O) groups is 1. The Balaban J connectivity index is 2.21. The van der Waals surface area contributed by atoms with Gasteiger partial charge < -0.3 is 4.90 Å². The second kappa shape index (κ2) is 5.47. The van der Waals surface area contributed by atoms with Crippen molar-refractivity contribution in [2.24, 2.45) is 0 Å². The lowest BCUT2D eigenvalue weighted by atomic mass is 10.2. The van der Waals surface area contributed by atoms with Crippen molar-refractivity contribution in [1.82, 2.24) is 4.90 Å². The first-order valence-corrected chi connectivity index (χ1v) is 7.06. The molecule has 1 aromatic carbocycles. The molecule has 0 spiro atoms. The minimum Gasteiger partial charge on any atom is -0.327 e. The Morgan fingerprint density at radius 3 is 2.53 bits per heavy atom. The molecule has 0 saturated heterocycles. The fourth-order valence-electron chi connectivity index (χ4n) is 1.74. The monoisotopic (exact) mass is 403 g/mol. The summed E-state index contributed by atoms with van der Waals surface area (Å²) >= 11 is 7.88. The first-order chi connectivity index (χ1) is 8.78. The third kappa shape index (κ3) is 3.98. The smallest absolute Gasteiger partial charge is 0.327 e. The molecule has 19 heavy (non-hydrogen) atoms. The standard InChI is InChI=1S/C12H10ClF3INO/c13-9-5-7(1-4-10(9)17)11(19)18(8-2-3-8)6-12(14,15)16/h1,4-5,8H,2-3,6H2. The summed E-state index contributed by atoms with van der Waals surface area (Å²) in [4.78, 5) is 13.0. The summed E-state index contributed by atoms with van der Waals surface area (Å²) in [6.45, 7) is -1.21. The van der Waals surface area contributed by atoms with Crippen LogP contribution in [0.4, 0.5) is 13.2 Å². The van der Waals surface area contributed by atoms with Gasteiger partial charge in [0.1, 0.15) is 6.54 Å². The van der Waals surface area contributed by atoms with Crippen LogP contribution in [0.5, 0.6) is 0 Å². The molecule has 1 aliphatic rings. The average Bonchev–Trinajstić information content (AvgIpc) is 3.11. The molecule has 0 N–H and O–H groups in total. The van der Waals surface area contributed by atoms with Gasteiger partial charge in [-0.05, 0) is 53.6 Å². The maximum absolute atomic E-state index is 12.5. The molecular formula is C12H10ClF3INO. The van der Waals surface area contributed by atoms with Crippen LogP contribution in [0.15, 0.2) is 18.2 Å². The molecule has 0 atom stereocenters. The molecule has 2 nitrogen and oxygen atoms in total. The Morgan fingerprint density at radius 1 is 1.42 bits per heavy atom. The number of hydrogen-bond acceptors (Lipinski definition) is 1. The number of alkyl halides is 3. The summed E-state index contributed by atoms with van der Waals surface area (Å²) in [6.07, 6.45) is -3.13. The third-order valence-electron chi connectivity index (χ3n) is 2.76. The maximum Gasteiger partial charge on any atom is 0.406 e. The van der Waals surface area contributed by atoms with E-state index in [4.69, 9.17) is 11.6 Å². The molecule has 0 unspecified atom stereocenters. The van der Waals surface area contributed by atoms with Crippen molar-refractivity contribution in [2.45, 2.75) is 25.1 Å². The Hall–Kier alpha value is -0.500. The highest BCUT2D eigenvalue weighted by Gasteiger charge is 2.40. The van der Waals surface area contributed by atoms with Crippen LogP contribution in [0.3, 0.4) is 0 Å². The molecule has 1 aliphatic carbocycles. The van der Waals surface area contributed by atoms with E-state index < -0.39 is 18.6 Å². The van der Waals surface area contributed by atoms with Crippen LogP contribution in [-0.2, 0) is 0 Å². The predicted molar refractivity (Wildman–Crippen MR) is 74.3 cm³/mol. The van der Waals surface area contributed by atoms with Gasteiger partial charge in [-0.1, -0.05) is 11.6 Å². The summed E-state index contributed by atoms with van der Waals surface area (Å²) in [7, 11) is 0.